The number of rotatable bonds is 18. The van der Waals surface area contributed by atoms with Gasteiger partial charge in [0.15, 0.2) is 0 Å². The number of allylic oxidation sites excluding steroid dienone is 4. The van der Waals surface area contributed by atoms with Crippen molar-refractivity contribution in [3.63, 3.8) is 0 Å². The van der Waals surface area contributed by atoms with Crippen molar-refractivity contribution in [1.82, 2.24) is 4.90 Å². The second-order valence-electron chi connectivity index (χ2n) is 7.50. The van der Waals surface area contributed by atoms with E-state index in [0.29, 0.717) is 12.1 Å². The summed E-state index contributed by atoms with van der Waals surface area (Å²) in [4.78, 5) is 13.6. The van der Waals surface area contributed by atoms with Gasteiger partial charge in [-0.15, -0.1) is 0 Å². The maximum Gasteiger partial charge on any atom is 1.00 e. The number of carbonyl (C=O) groups excluding carboxylic acids is 1. The summed E-state index contributed by atoms with van der Waals surface area (Å²) >= 11 is 0. The van der Waals surface area contributed by atoms with Gasteiger partial charge in [-0.1, -0.05) is 64.8 Å². The molecule has 0 bridgehead atoms. The third kappa shape index (κ3) is 15.8. The van der Waals surface area contributed by atoms with Crippen LogP contribution in [-0.2, 0) is 4.79 Å². The molecule has 0 rings (SSSR count). The van der Waals surface area contributed by atoms with E-state index in [1.807, 2.05) is 0 Å². The zero-order chi connectivity index (χ0) is 20.3. The number of carboxylic acid groups (broad SMARTS) is 1. The number of carbonyl (C=O) groups is 1. The van der Waals surface area contributed by atoms with Gasteiger partial charge in [0, 0.05) is 18.6 Å². The van der Waals surface area contributed by atoms with Crippen LogP contribution in [0.2, 0.25) is 0 Å². The molecule has 0 amide bonds. The van der Waals surface area contributed by atoms with Gasteiger partial charge in [0.1, 0.15) is 0 Å². The van der Waals surface area contributed by atoms with Crippen molar-refractivity contribution in [2.75, 3.05) is 6.54 Å². The summed E-state index contributed by atoms with van der Waals surface area (Å²) in [6, 6.07) is 0.700. The topological polar surface area (TPSA) is 43.4 Å². The van der Waals surface area contributed by atoms with Gasteiger partial charge in [0.05, 0.1) is 5.97 Å². The molecule has 0 spiro atoms. The van der Waals surface area contributed by atoms with Gasteiger partial charge >= 0.3 is 29.6 Å². The number of carboxylic acids is 1. The molecule has 0 aliphatic carbocycles. The Bertz CT molecular complexity index is 379. The fourth-order valence-electron chi connectivity index (χ4n) is 3.77. The number of hydrogen-bond acceptors (Lipinski definition) is 3. The van der Waals surface area contributed by atoms with Gasteiger partial charge in [-0.05, 0) is 64.2 Å². The van der Waals surface area contributed by atoms with E-state index in [1.165, 1.54) is 12.8 Å². The fourth-order valence-corrected chi connectivity index (χ4v) is 3.77. The summed E-state index contributed by atoms with van der Waals surface area (Å²) in [6.07, 6.45) is 22.3. The molecule has 0 heterocycles. The third-order valence-corrected chi connectivity index (χ3v) is 5.31. The molecule has 0 N–H and O–H groups in total. The van der Waals surface area contributed by atoms with E-state index in [9.17, 15) is 9.90 Å². The SMILES string of the molecule is CC/C=C/CCCCC(CC)N(CC(=O)[O-])C(CC)CCCC/C=C/CC.[Na+]. The van der Waals surface area contributed by atoms with E-state index in [4.69, 9.17) is 0 Å². The zero-order valence-electron chi connectivity index (χ0n) is 19.4. The quantitative estimate of drug-likeness (QED) is 0.201. The molecule has 0 aromatic rings. The van der Waals surface area contributed by atoms with Crippen LogP contribution < -0.4 is 34.7 Å². The molecule has 0 radical (unpaired) electrons. The fraction of sp³-hybridized carbons (Fsp3) is 0.792. The molecule has 2 unspecified atom stereocenters. The minimum atomic E-state index is -0.941. The molecule has 3 nitrogen and oxygen atoms in total. The average Bonchev–Trinajstić information content (AvgIpc) is 2.65. The predicted octanol–water partition coefficient (Wildman–Crippen LogP) is 2.65. The minimum absolute atomic E-state index is 0. The van der Waals surface area contributed by atoms with Crippen molar-refractivity contribution in [3.8, 4) is 0 Å². The van der Waals surface area contributed by atoms with Crippen molar-refractivity contribution in [2.24, 2.45) is 0 Å². The van der Waals surface area contributed by atoms with Crippen molar-refractivity contribution < 1.29 is 39.5 Å². The normalized spacial score (nSPS) is 13.9. The van der Waals surface area contributed by atoms with E-state index >= 15 is 0 Å². The molecule has 28 heavy (non-hydrogen) atoms. The maximum atomic E-state index is 11.4. The van der Waals surface area contributed by atoms with Gasteiger partial charge in [-0.2, -0.15) is 0 Å². The third-order valence-electron chi connectivity index (χ3n) is 5.31. The van der Waals surface area contributed by atoms with Crippen LogP contribution >= 0.6 is 0 Å². The Labute approximate surface area is 197 Å². The molecular formula is C24H44NNaO2. The van der Waals surface area contributed by atoms with Crippen molar-refractivity contribution in [2.45, 2.75) is 117 Å². The minimum Gasteiger partial charge on any atom is -0.549 e. The van der Waals surface area contributed by atoms with Crippen LogP contribution in [0.4, 0.5) is 0 Å². The molecule has 0 saturated carbocycles. The largest absolute Gasteiger partial charge is 1.00 e. The van der Waals surface area contributed by atoms with Crippen molar-refractivity contribution in [3.05, 3.63) is 24.3 Å². The van der Waals surface area contributed by atoms with Gasteiger partial charge in [-0.3, -0.25) is 4.90 Å². The van der Waals surface area contributed by atoms with Crippen LogP contribution in [0.15, 0.2) is 24.3 Å². The second kappa shape index (κ2) is 21.6. The molecule has 0 aliphatic rings. The maximum absolute atomic E-state index is 11.4. The Hall–Kier alpha value is -0.0900. The zero-order valence-corrected chi connectivity index (χ0v) is 21.4. The number of aliphatic carboxylic acids is 1. The van der Waals surface area contributed by atoms with Gasteiger partial charge < -0.3 is 9.90 Å². The molecular weight excluding hydrogens is 357 g/mol. The van der Waals surface area contributed by atoms with Crippen molar-refractivity contribution >= 4 is 5.97 Å². The van der Waals surface area contributed by atoms with Crippen molar-refractivity contribution in [1.29, 1.82) is 0 Å². The summed E-state index contributed by atoms with van der Waals surface area (Å²) in [5.74, 6) is -0.941. The molecule has 0 saturated heterocycles. The Morgan fingerprint density at radius 1 is 0.786 bits per heavy atom. The van der Waals surface area contributed by atoms with E-state index < -0.39 is 5.97 Å². The first-order chi connectivity index (χ1) is 13.1. The Balaban J connectivity index is 0. The molecule has 0 fully saturated rings. The summed E-state index contributed by atoms with van der Waals surface area (Å²) in [6.45, 7) is 8.76. The monoisotopic (exact) mass is 401 g/mol. The van der Waals surface area contributed by atoms with Gasteiger partial charge in [0.25, 0.3) is 0 Å². The van der Waals surface area contributed by atoms with Gasteiger partial charge in [-0.25, -0.2) is 0 Å². The predicted molar refractivity (Wildman–Crippen MR) is 116 cm³/mol. The molecule has 158 valence electrons. The van der Waals surface area contributed by atoms with Crippen LogP contribution in [-0.4, -0.2) is 29.5 Å². The van der Waals surface area contributed by atoms with Crippen LogP contribution in [0, 0.1) is 0 Å². The average molecular weight is 402 g/mol. The van der Waals surface area contributed by atoms with E-state index in [-0.39, 0.29) is 36.1 Å². The molecule has 0 aliphatic heterocycles. The summed E-state index contributed by atoms with van der Waals surface area (Å²) < 4.78 is 0. The van der Waals surface area contributed by atoms with Crippen LogP contribution in [0.25, 0.3) is 0 Å². The van der Waals surface area contributed by atoms with E-state index in [0.717, 1.165) is 64.2 Å². The molecule has 0 aromatic heterocycles. The molecule has 2 atom stereocenters. The summed E-state index contributed by atoms with van der Waals surface area (Å²) in [5.41, 5.74) is 0. The van der Waals surface area contributed by atoms with E-state index in [2.05, 4.69) is 56.9 Å². The standard InChI is InChI=1S/C24H45NO2.Na/c1-5-9-11-13-15-17-19-22(7-3)25(21-24(26)27)23(8-4)20-18-16-14-12-10-6-2;/h9-12,22-23H,5-8,13-21H2,1-4H3,(H,26,27);/q;+1/p-1/b11-9+,12-10+;. The number of nitrogens with zero attached hydrogens (tertiary/aromatic N) is 1. The summed E-state index contributed by atoms with van der Waals surface area (Å²) in [7, 11) is 0. The van der Waals surface area contributed by atoms with Crippen LogP contribution in [0.3, 0.4) is 0 Å². The smallest absolute Gasteiger partial charge is 0.549 e. The van der Waals surface area contributed by atoms with Crippen LogP contribution in [0.5, 0.6) is 0 Å². The molecule has 4 heteroatoms. The van der Waals surface area contributed by atoms with E-state index in [1.54, 1.807) is 0 Å². The van der Waals surface area contributed by atoms with Crippen LogP contribution in [0.1, 0.15) is 105 Å². The van der Waals surface area contributed by atoms with Gasteiger partial charge in [0.2, 0.25) is 0 Å². The first kappa shape index (κ1) is 30.1. The Morgan fingerprint density at radius 3 is 1.54 bits per heavy atom. The number of unbranched alkanes of at least 4 members (excludes halogenated alkanes) is 4. The first-order valence-corrected chi connectivity index (χ1v) is 11.4. The Kier molecular flexibility index (Phi) is 23.2. The summed E-state index contributed by atoms with van der Waals surface area (Å²) in [5, 5.41) is 11.4. The first-order valence-electron chi connectivity index (χ1n) is 11.4. The second-order valence-corrected chi connectivity index (χ2v) is 7.50. The molecule has 0 aromatic carbocycles. The Morgan fingerprint density at radius 2 is 1.21 bits per heavy atom. The number of hydrogen-bond donors (Lipinski definition) is 0.